The molecule has 3 heteroatoms. The third-order valence-electron chi connectivity index (χ3n) is 3.64. The molecule has 4 aromatic rings. The van der Waals surface area contributed by atoms with Crippen molar-refractivity contribution in [3.8, 4) is 28.3 Å². The van der Waals surface area contributed by atoms with E-state index in [1.165, 1.54) is 0 Å². The van der Waals surface area contributed by atoms with Gasteiger partial charge in [-0.2, -0.15) is 0 Å². The van der Waals surface area contributed by atoms with Crippen LogP contribution in [0.4, 0.5) is 0 Å². The van der Waals surface area contributed by atoms with Crippen LogP contribution >= 0.6 is 0 Å². The van der Waals surface area contributed by atoms with Crippen LogP contribution in [0.5, 0.6) is 5.75 Å². The maximum Gasteiger partial charge on any atom is 0.231 e. The molecule has 0 fully saturated rings. The number of para-hydroxylation sites is 2. The van der Waals surface area contributed by atoms with E-state index >= 15 is 0 Å². The first kappa shape index (κ1) is 12.7. The summed E-state index contributed by atoms with van der Waals surface area (Å²) in [6, 6.07) is 22.9. The Bertz CT molecular complexity index is 909. The third kappa shape index (κ3) is 2.04. The largest absolute Gasteiger partial charge is 0.507 e. The minimum atomic E-state index is 0.160. The zero-order valence-corrected chi connectivity index (χ0v) is 11.7. The van der Waals surface area contributed by atoms with E-state index in [9.17, 15) is 5.11 Å². The number of nitrogens with zero attached hydrogens (tertiary/aromatic N) is 1. The Hall–Kier alpha value is -3.07. The molecule has 4 rings (SSSR count). The number of oxazole rings is 1. The van der Waals surface area contributed by atoms with Crippen LogP contribution in [0, 0.1) is 0 Å². The Balaban J connectivity index is 1.98. The van der Waals surface area contributed by atoms with E-state index < -0.39 is 0 Å². The highest BCUT2D eigenvalue weighted by Gasteiger charge is 2.17. The highest BCUT2D eigenvalue weighted by Crippen LogP contribution is 2.39. The molecule has 0 aliphatic rings. The van der Waals surface area contributed by atoms with E-state index in [1.807, 2.05) is 66.7 Å². The lowest BCUT2D eigenvalue weighted by molar-refractivity contribution is 0.474. The lowest BCUT2D eigenvalue weighted by atomic mass is 9.99. The molecular formula is C19H13NO2. The van der Waals surface area contributed by atoms with Gasteiger partial charge in [-0.15, -0.1) is 0 Å². The summed E-state index contributed by atoms with van der Waals surface area (Å²) in [5.41, 5.74) is 4.01. The number of benzene rings is 3. The Kier molecular flexibility index (Phi) is 2.90. The standard InChI is InChI=1S/C19H13NO2/c21-16-11-6-9-14(13-7-2-1-3-8-13)18(16)19-20-15-10-4-5-12-17(15)22-19/h1-12,21H. The fraction of sp³-hybridized carbons (Fsp3) is 0. The van der Waals surface area contributed by atoms with Crippen LogP contribution in [0.15, 0.2) is 77.2 Å². The highest BCUT2D eigenvalue weighted by atomic mass is 16.3. The fourth-order valence-corrected chi connectivity index (χ4v) is 2.60. The third-order valence-corrected chi connectivity index (χ3v) is 3.64. The molecule has 0 saturated carbocycles. The van der Waals surface area contributed by atoms with Gasteiger partial charge in [0.15, 0.2) is 5.58 Å². The first-order valence-corrected chi connectivity index (χ1v) is 7.06. The zero-order chi connectivity index (χ0) is 14.9. The number of fused-ring (bicyclic) bond motifs is 1. The number of aromatic hydroxyl groups is 1. The first-order chi connectivity index (χ1) is 10.8. The topological polar surface area (TPSA) is 46.3 Å². The quantitative estimate of drug-likeness (QED) is 0.572. The Labute approximate surface area is 127 Å². The van der Waals surface area contributed by atoms with Crippen LogP contribution in [0.3, 0.4) is 0 Å². The molecule has 3 nitrogen and oxygen atoms in total. The number of aromatic nitrogens is 1. The smallest absolute Gasteiger partial charge is 0.231 e. The van der Waals surface area contributed by atoms with Crippen molar-refractivity contribution in [3.05, 3.63) is 72.8 Å². The van der Waals surface area contributed by atoms with E-state index in [1.54, 1.807) is 6.07 Å². The number of rotatable bonds is 2. The molecular weight excluding hydrogens is 274 g/mol. The van der Waals surface area contributed by atoms with E-state index in [0.29, 0.717) is 17.0 Å². The summed E-state index contributed by atoms with van der Waals surface area (Å²) >= 11 is 0. The molecule has 0 bridgehead atoms. The van der Waals surface area contributed by atoms with Gasteiger partial charge in [-0.1, -0.05) is 54.6 Å². The zero-order valence-electron chi connectivity index (χ0n) is 11.7. The fourth-order valence-electron chi connectivity index (χ4n) is 2.60. The number of phenols is 1. The second-order valence-electron chi connectivity index (χ2n) is 5.05. The molecule has 0 radical (unpaired) electrons. The summed E-state index contributed by atoms with van der Waals surface area (Å²) in [7, 11) is 0. The second-order valence-corrected chi connectivity index (χ2v) is 5.05. The summed E-state index contributed by atoms with van der Waals surface area (Å²) in [4.78, 5) is 4.50. The van der Waals surface area contributed by atoms with Crippen LogP contribution in [-0.4, -0.2) is 10.1 Å². The van der Waals surface area contributed by atoms with Gasteiger partial charge in [0.05, 0.1) is 5.56 Å². The van der Waals surface area contributed by atoms with Gasteiger partial charge in [-0.05, 0) is 29.3 Å². The van der Waals surface area contributed by atoms with Crippen LogP contribution in [-0.2, 0) is 0 Å². The predicted molar refractivity (Wildman–Crippen MR) is 86.5 cm³/mol. The number of phenolic OH excluding ortho intramolecular Hbond substituents is 1. The van der Waals surface area contributed by atoms with Crippen molar-refractivity contribution >= 4 is 11.1 Å². The molecule has 22 heavy (non-hydrogen) atoms. The summed E-state index contributed by atoms with van der Waals surface area (Å²) in [6.45, 7) is 0. The Morgan fingerprint density at radius 3 is 2.36 bits per heavy atom. The van der Waals surface area contributed by atoms with Crippen LogP contribution < -0.4 is 0 Å². The van der Waals surface area contributed by atoms with Crippen molar-refractivity contribution in [3.63, 3.8) is 0 Å². The van der Waals surface area contributed by atoms with Crippen molar-refractivity contribution in [2.75, 3.05) is 0 Å². The summed E-state index contributed by atoms with van der Waals surface area (Å²) in [5.74, 6) is 0.589. The summed E-state index contributed by atoms with van der Waals surface area (Å²) in [5, 5.41) is 10.3. The minimum Gasteiger partial charge on any atom is -0.507 e. The predicted octanol–water partition coefficient (Wildman–Crippen LogP) is 4.87. The molecule has 0 amide bonds. The molecule has 0 saturated heterocycles. The lowest BCUT2D eigenvalue weighted by Gasteiger charge is -2.08. The number of hydrogen-bond acceptors (Lipinski definition) is 3. The SMILES string of the molecule is Oc1cccc(-c2ccccc2)c1-c1nc2ccccc2o1. The van der Waals surface area contributed by atoms with Crippen LogP contribution in [0.25, 0.3) is 33.7 Å². The van der Waals surface area contributed by atoms with Gasteiger partial charge in [0.2, 0.25) is 5.89 Å². The Morgan fingerprint density at radius 2 is 1.55 bits per heavy atom. The highest BCUT2D eigenvalue weighted by molar-refractivity contribution is 5.86. The van der Waals surface area contributed by atoms with Gasteiger partial charge in [-0.25, -0.2) is 4.98 Å². The first-order valence-electron chi connectivity index (χ1n) is 7.06. The minimum absolute atomic E-state index is 0.160. The second kappa shape index (κ2) is 5.04. The molecule has 0 aliphatic heterocycles. The van der Waals surface area contributed by atoms with Gasteiger partial charge < -0.3 is 9.52 Å². The number of hydrogen-bond donors (Lipinski definition) is 1. The van der Waals surface area contributed by atoms with E-state index in [4.69, 9.17) is 4.42 Å². The van der Waals surface area contributed by atoms with Crippen molar-refractivity contribution < 1.29 is 9.52 Å². The average Bonchev–Trinajstić information content (AvgIpc) is 2.99. The lowest BCUT2D eigenvalue weighted by Crippen LogP contribution is -1.86. The molecule has 3 aromatic carbocycles. The van der Waals surface area contributed by atoms with Crippen LogP contribution in [0.1, 0.15) is 0 Å². The maximum atomic E-state index is 10.3. The van der Waals surface area contributed by atoms with Crippen molar-refractivity contribution in [1.82, 2.24) is 4.98 Å². The molecule has 106 valence electrons. The van der Waals surface area contributed by atoms with E-state index in [2.05, 4.69) is 4.98 Å². The van der Waals surface area contributed by atoms with Gasteiger partial charge in [-0.3, -0.25) is 0 Å². The summed E-state index contributed by atoms with van der Waals surface area (Å²) in [6.07, 6.45) is 0. The van der Waals surface area contributed by atoms with Gasteiger partial charge in [0.25, 0.3) is 0 Å². The molecule has 1 aromatic heterocycles. The molecule has 0 aliphatic carbocycles. The molecule has 1 N–H and O–H groups in total. The normalized spacial score (nSPS) is 10.9. The van der Waals surface area contributed by atoms with Crippen LogP contribution in [0.2, 0.25) is 0 Å². The van der Waals surface area contributed by atoms with Gasteiger partial charge in [0.1, 0.15) is 11.3 Å². The van der Waals surface area contributed by atoms with Gasteiger partial charge in [0, 0.05) is 0 Å². The average molecular weight is 287 g/mol. The van der Waals surface area contributed by atoms with Crippen molar-refractivity contribution in [2.45, 2.75) is 0 Å². The maximum absolute atomic E-state index is 10.3. The molecule has 1 heterocycles. The van der Waals surface area contributed by atoms with E-state index in [0.717, 1.165) is 16.6 Å². The Morgan fingerprint density at radius 1 is 0.773 bits per heavy atom. The van der Waals surface area contributed by atoms with Crippen molar-refractivity contribution in [2.24, 2.45) is 0 Å². The van der Waals surface area contributed by atoms with E-state index in [-0.39, 0.29) is 5.75 Å². The molecule has 0 atom stereocenters. The monoisotopic (exact) mass is 287 g/mol. The van der Waals surface area contributed by atoms with Crippen molar-refractivity contribution in [1.29, 1.82) is 0 Å². The van der Waals surface area contributed by atoms with Gasteiger partial charge >= 0.3 is 0 Å². The summed E-state index contributed by atoms with van der Waals surface area (Å²) < 4.78 is 5.83. The molecule has 0 spiro atoms. The molecule has 0 unspecified atom stereocenters.